The molecule has 0 atom stereocenters. The van der Waals surface area contributed by atoms with Crippen molar-refractivity contribution in [3.05, 3.63) is 53.8 Å². The first-order valence-electron chi connectivity index (χ1n) is 5.89. The number of rotatable bonds is 4. The van der Waals surface area contributed by atoms with Crippen LogP contribution in [0.3, 0.4) is 0 Å². The van der Waals surface area contributed by atoms with Crippen molar-refractivity contribution in [2.75, 3.05) is 16.8 Å². The molecule has 2 aromatic carbocycles. The van der Waals surface area contributed by atoms with Gasteiger partial charge in [0.2, 0.25) is 5.91 Å². The van der Waals surface area contributed by atoms with Crippen molar-refractivity contribution in [1.82, 2.24) is 0 Å². The monoisotopic (exact) mass is 312 g/mol. The van der Waals surface area contributed by atoms with Crippen molar-refractivity contribution in [1.29, 1.82) is 0 Å². The Labute approximate surface area is 123 Å². The normalized spacial score (nSPS) is 10.4. The lowest BCUT2D eigenvalue weighted by Crippen LogP contribution is -2.16. The molecule has 7 heteroatoms. The molecule has 2 rings (SSSR count). The van der Waals surface area contributed by atoms with Crippen molar-refractivity contribution in [3.63, 3.8) is 0 Å². The number of thioether (sulfide) groups is 1. The van der Waals surface area contributed by atoms with Crippen molar-refractivity contribution in [3.8, 4) is 0 Å². The Kier molecular flexibility index (Phi) is 4.74. The van der Waals surface area contributed by atoms with E-state index in [0.717, 1.165) is 30.0 Å². The first-order valence-corrected chi connectivity index (χ1v) is 6.87. The maximum atomic E-state index is 13.5. The van der Waals surface area contributed by atoms with Gasteiger partial charge in [-0.3, -0.25) is 4.79 Å². The molecule has 0 aromatic heterocycles. The number of anilines is 2. The van der Waals surface area contributed by atoms with Gasteiger partial charge in [0.15, 0.2) is 0 Å². The quantitative estimate of drug-likeness (QED) is 0.672. The third kappa shape index (κ3) is 3.91. The van der Waals surface area contributed by atoms with Crippen molar-refractivity contribution < 1.29 is 18.0 Å². The lowest BCUT2D eigenvalue weighted by molar-refractivity contribution is -0.113. The molecule has 0 saturated carbocycles. The van der Waals surface area contributed by atoms with Gasteiger partial charge in [0.05, 0.1) is 5.75 Å². The fraction of sp³-hybridized carbons (Fsp3) is 0.0714. The van der Waals surface area contributed by atoms with Gasteiger partial charge in [0.1, 0.15) is 23.1 Å². The van der Waals surface area contributed by atoms with Gasteiger partial charge in [-0.05, 0) is 30.3 Å². The van der Waals surface area contributed by atoms with E-state index in [4.69, 9.17) is 5.73 Å². The molecule has 0 bridgehead atoms. The van der Waals surface area contributed by atoms with Gasteiger partial charge in [-0.2, -0.15) is 0 Å². The van der Waals surface area contributed by atoms with Crippen LogP contribution in [0.5, 0.6) is 0 Å². The highest BCUT2D eigenvalue weighted by atomic mass is 32.2. The SMILES string of the molecule is Nc1ccc(SCC(=O)Nc2c(F)cccc2F)c(F)c1. The number of para-hydroxylation sites is 1. The van der Waals surface area contributed by atoms with E-state index in [1.165, 1.54) is 18.2 Å². The Morgan fingerprint density at radius 1 is 1.10 bits per heavy atom. The Balaban J connectivity index is 1.99. The highest BCUT2D eigenvalue weighted by Crippen LogP contribution is 2.24. The van der Waals surface area contributed by atoms with Crippen molar-refractivity contribution in [2.24, 2.45) is 0 Å². The standard InChI is InChI=1S/C14H11F3N2OS/c15-9-2-1-3-10(16)14(9)19-13(20)7-21-12-5-4-8(18)6-11(12)17/h1-6H,7,18H2,(H,19,20). The van der Waals surface area contributed by atoms with E-state index in [2.05, 4.69) is 5.32 Å². The van der Waals surface area contributed by atoms with E-state index >= 15 is 0 Å². The minimum atomic E-state index is -0.869. The summed E-state index contributed by atoms with van der Waals surface area (Å²) in [5.41, 5.74) is 5.17. The van der Waals surface area contributed by atoms with Gasteiger partial charge in [-0.15, -0.1) is 11.8 Å². The van der Waals surface area contributed by atoms with Crippen LogP contribution in [0.15, 0.2) is 41.3 Å². The zero-order chi connectivity index (χ0) is 15.4. The summed E-state index contributed by atoms with van der Waals surface area (Å²) in [6, 6.07) is 7.33. The molecule has 0 radical (unpaired) electrons. The van der Waals surface area contributed by atoms with Crippen LogP contribution >= 0.6 is 11.8 Å². The first-order chi connectivity index (χ1) is 9.97. The number of carbonyl (C=O) groups is 1. The molecule has 0 aliphatic heterocycles. The van der Waals surface area contributed by atoms with Crippen LogP contribution in [0, 0.1) is 17.5 Å². The molecule has 2 aromatic rings. The molecule has 3 nitrogen and oxygen atoms in total. The predicted molar refractivity (Wildman–Crippen MR) is 76.5 cm³/mol. The molecule has 110 valence electrons. The molecule has 21 heavy (non-hydrogen) atoms. The number of carbonyl (C=O) groups excluding carboxylic acids is 1. The largest absolute Gasteiger partial charge is 0.399 e. The van der Waals surface area contributed by atoms with E-state index in [1.807, 2.05) is 0 Å². The lowest BCUT2D eigenvalue weighted by Gasteiger charge is -2.08. The summed E-state index contributed by atoms with van der Waals surface area (Å²) in [6.45, 7) is 0. The van der Waals surface area contributed by atoms with Crippen molar-refractivity contribution in [2.45, 2.75) is 4.90 Å². The van der Waals surface area contributed by atoms with Crippen LogP contribution < -0.4 is 11.1 Å². The molecule has 0 aliphatic carbocycles. The maximum absolute atomic E-state index is 13.5. The van der Waals surface area contributed by atoms with Gasteiger partial charge >= 0.3 is 0 Å². The summed E-state index contributed by atoms with van der Waals surface area (Å²) < 4.78 is 40.2. The zero-order valence-electron chi connectivity index (χ0n) is 10.7. The molecule has 1 amide bonds. The second-order valence-corrected chi connectivity index (χ2v) is 5.14. The van der Waals surface area contributed by atoms with Gasteiger partial charge in [0.25, 0.3) is 0 Å². The zero-order valence-corrected chi connectivity index (χ0v) is 11.5. The highest BCUT2D eigenvalue weighted by Gasteiger charge is 2.13. The molecular formula is C14H11F3N2OS. The predicted octanol–water partition coefficient (Wildman–Crippen LogP) is 3.42. The van der Waals surface area contributed by atoms with Gasteiger partial charge in [-0.25, -0.2) is 13.2 Å². The molecule has 0 aliphatic rings. The molecule has 0 heterocycles. The summed E-state index contributed by atoms with van der Waals surface area (Å²) in [4.78, 5) is 11.9. The van der Waals surface area contributed by atoms with Crippen LogP contribution in [-0.4, -0.2) is 11.7 Å². The number of hydrogen-bond donors (Lipinski definition) is 2. The maximum Gasteiger partial charge on any atom is 0.234 e. The lowest BCUT2D eigenvalue weighted by atomic mass is 10.3. The molecular weight excluding hydrogens is 301 g/mol. The third-order valence-corrected chi connectivity index (χ3v) is 3.59. The number of hydrogen-bond acceptors (Lipinski definition) is 3. The molecule has 3 N–H and O–H groups in total. The van der Waals surface area contributed by atoms with Crippen LogP contribution in [0.1, 0.15) is 0 Å². The third-order valence-electron chi connectivity index (χ3n) is 2.54. The van der Waals surface area contributed by atoms with E-state index < -0.39 is 29.0 Å². The van der Waals surface area contributed by atoms with Gasteiger partial charge in [0, 0.05) is 10.6 Å². The molecule has 0 saturated heterocycles. The van der Waals surface area contributed by atoms with E-state index in [-0.39, 0.29) is 16.3 Å². The number of nitrogens with two attached hydrogens (primary N) is 1. The molecule has 0 fully saturated rings. The summed E-state index contributed by atoms with van der Waals surface area (Å²) in [6.07, 6.45) is 0. The first kappa shape index (κ1) is 15.2. The summed E-state index contributed by atoms with van der Waals surface area (Å²) in [7, 11) is 0. The average Bonchev–Trinajstić information content (AvgIpc) is 2.42. The van der Waals surface area contributed by atoms with Crippen LogP contribution in [0.4, 0.5) is 24.5 Å². The smallest absolute Gasteiger partial charge is 0.234 e. The Morgan fingerprint density at radius 3 is 2.38 bits per heavy atom. The fourth-order valence-corrected chi connectivity index (χ4v) is 2.29. The minimum absolute atomic E-state index is 0.186. The topological polar surface area (TPSA) is 55.1 Å². The van der Waals surface area contributed by atoms with Crippen LogP contribution in [-0.2, 0) is 4.79 Å². The van der Waals surface area contributed by atoms with Crippen LogP contribution in [0.2, 0.25) is 0 Å². The summed E-state index contributed by atoms with van der Waals surface area (Å²) in [5, 5.41) is 2.12. The Morgan fingerprint density at radius 2 is 1.76 bits per heavy atom. The van der Waals surface area contributed by atoms with E-state index in [0.29, 0.717) is 0 Å². The summed E-state index contributed by atoms with van der Waals surface area (Å²) in [5.74, 6) is -3.11. The van der Waals surface area contributed by atoms with Crippen molar-refractivity contribution >= 4 is 29.0 Å². The second kappa shape index (κ2) is 6.53. The number of nitrogen functional groups attached to an aromatic ring is 1. The second-order valence-electron chi connectivity index (χ2n) is 4.12. The number of nitrogens with one attached hydrogen (secondary N) is 1. The van der Waals surface area contributed by atoms with Gasteiger partial charge in [-0.1, -0.05) is 6.07 Å². The Bertz CT molecular complexity index is 659. The Hall–Kier alpha value is -2.15. The average molecular weight is 312 g/mol. The molecule has 0 spiro atoms. The minimum Gasteiger partial charge on any atom is -0.399 e. The highest BCUT2D eigenvalue weighted by molar-refractivity contribution is 8.00. The summed E-state index contributed by atoms with van der Waals surface area (Å²) >= 11 is 0.907. The van der Waals surface area contributed by atoms with Crippen LogP contribution in [0.25, 0.3) is 0 Å². The van der Waals surface area contributed by atoms with E-state index in [9.17, 15) is 18.0 Å². The van der Waals surface area contributed by atoms with E-state index in [1.54, 1.807) is 0 Å². The number of halogens is 3. The molecule has 0 unspecified atom stereocenters. The fourth-order valence-electron chi connectivity index (χ4n) is 1.57. The number of amides is 1. The number of benzene rings is 2. The van der Waals surface area contributed by atoms with Gasteiger partial charge < -0.3 is 11.1 Å².